The first kappa shape index (κ1) is 14.2. The number of nitrogens with one attached hydrogen (secondary N) is 1. The molecule has 0 bridgehead atoms. The van der Waals surface area contributed by atoms with E-state index in [0.29, 0.717) is 6.04 Å². The highest BCUT2D eigenvalue weighted by atomic mass is 35.5. The van der Waals surface area contributed by atoms with Crippen LogP contribution >= 0.6 is 11.6 Å². The van der Waals surface area contributed by atoms with E-state index < -0.39 is 0 Å². The van der Waals surface area contributed by atoms with Gasteiger partial charge in [-0.05, 0) is 31.0 Å². The summed E-state index contributed by atoms with van der Waals surface area (Å²) >= 11 is 6.29. The molecule has 0 aliphatic carbocycles. The zero-order valence-corrected chi connectivity index (χ0v) is 12.9. The van der Waals surface area contributed by atoms with Gasteiger partial charge in [0.05, 0.1) is 10.7 Å². The Morgan fingerprint density at radius 3 is 2.60 bits per heavy atom. The van der Waals surface area contributed by atoms with E-state index in [1.54, 1.807) is 0 Å². The molecule has 110 valence electrons. The molecular formula is C16H24ClN3. The molecule has 2 saturated heterocycles. The summed E-state index contributed by atoms with van der Waals surface area (Å²) in [5.74, 6) is 0.816. The largest absolute Gasteiger partial charge is 0.368 e. The molecule has 0 aromatic heterocycles. The van der Waals surface area contributed by atoms with Crippen molar-refractivity contribution in [1.82, 2.24) is 10.2 Å². The third-order valence-electron chi connectivity index (χ3n) is 4.71. The van der Waals surface area contributed by atoms with Crippen molar-refractivity contribution in [3.05, 3.63) is 29.3 Å². The molecule has 3 nitrogen and oxygen atoms in total. The molecule has 1 N–H and O–H groups in total. The van der Waals surface area contributed by atoms with Gasteiger partial charge < -0.3 is 10.2 Å². The van der Waals surface area contributed by atoms with Gasteiger partial charge in [-0.15, -0.1) is 0 Å². The number of nitrogens with zero attached hydrogens (tertiary/aromatic N) is 2. The molecule has 3 rings (SSSR count). The SMILES string of the molecule is CC1CCNC1CN1CCN(c2ccccc2Cl)CC1. The number of para-hydroxylation sites is 1. The quantitative estimate of drug-likeness (QED) is 0.924. The van der Waals surface area contributed by atoms with Crippen molar-refractivity contribution in [1.29, 1.82) is 0 Å². The monoisotopic (exact) mass is 293 g/mol. The van der Waals surface area contributed by atoms with Crippen LogP contribution in [0.25, 0.3) is 0 Å². The molecule has 2 fully saturated rings. The van der Waals surface area contributed by atoms with Gasteiger partial charge in [-0.25, -0.2) is 0 Å². The highest BCUT2D eigenvalue weighted by molar-refractivity contribution is 6.33. The van der Waals surface area contributed by atoms with Crippen LogP contribution < -0.4 is 10.2 Å². The predicted molar refractivity (Wildman–Crippen MR) is 85.7 cm³/mol. The van der Waals surface area contributed by atoms with Crippen LogP contribution in [0.1, 0.15) is 13.3 Å². The topological polar surface area (TPSA) is 18.5 Å². The number of halogens is 1. The Morgan fingerprint density at radius 2 is 1.95 bits per heavy atom. The van der Waals surface area contributed by atoms with Crippen molar-refractivity contribution in [2.45, 2.75) is 19.4 Å². The molecular weight excluding hydrogens is 270 g/mol. The highest BCUT2D eigenvalue weighted by Crippen LogP contribution is 2.26. The third kappa shape index (κ3) is 3.11. The summed E-state index contributed by atoms with van der Waals surface area (Å²) in [4.78, 5) is 5.00. The second-order valence-corrected chi connectivity index (χ2v) is 6.47. The van der Waals surface area contributed by atoms with Gasteiger partial charge in [0, 0.05) is 38.8 Å². The Bertz CT molecular complexity index is 443. The van der Waals surface area contributed by atoms with E-state index in [0.717, 1.165) is 37.1 Å². The third-order valence-corrected chi connectivity index (χ3v) is 5.03. The molecule has 2 unspecified atom stereocenters. The van der Waals surface area contributed by atoms with E-state index in [2.05, 4.69) is 34.2 Å². The van der Waals surface area contributed by atoms with Gasteiger partial charge in [0.2, 0.25) is 0 Å². The molecule has 0 radical (unpaired) electrons. The second-order valence-electron chi connectivity index (χ2n) is 6.07. The summed E-state index contributed by atoms with van der Waals surface area (Å²) in [6.45, 7) is 9.16. The Kier molecular flexibility index (Phi) is 4.49. The van der Waals surface area contributed by atoms with Crippen molar-refractivity contribution in [2.75, 3.05) is 44.2 Å². The van der Waals surface area contributed by atoms with Gasteiger partial charge in [-0.1, -0.05) is 30.7 Å². The van der Waals surface area contributed by atoms with Crippen LogP contribution in [0.4, 0.5) is 5.69 Å². The lowest BCUT2D eigenvalue weighted by atomic mass is 10.0. The lowest BCUT2D eigenvalue weighted by molar-refractivity contribution is 0.222. The maximum absolute atomic E-state index is 6.29. The Morgan fingerprint density at radius 1 is 1.20 bits per heavy atom. The fraction of sp³-hybridized carbons (Fsp3) is 0.625. The van der Waals surface area contributed by atoms with Crippen molar-refractivity contribution in [3.8, 4) is 0 Å². The van der Waals surface area contributed by atoms with Gasteiger partial charge in [0.25, 0.3) is 0 Å². The maximum Gasteiger partial charge on any atom is 0.0639 e. The van der Waals surface area contributed by atoms with Gasteiger partial charge in [0.15, 0.2) is 0 Å². The highest BCUT2D eigenvalue weighted by Gasteiger charge is 2.26. The van der Waals surface area contributed by atoms with E-state index in [-0.39, 0.29) is 0 Å². The Balaban J connectivity index is 1.53. The molecule has 1 aromatic rings. The van der Waals surface area contributed by atoms with Crippen LogP contribution in [-0.4, -0.2) is 50.2 Å². The minimum atomic E-state index is 0.682. The minimum absolute atomic E-state index is 0.682. The fourth-order valence-corrected chi connectivity index (χ4v) is 3.56. The van der Waals surface area contributed by atoms with E-state index >= 15 is 0 Å². The smallest absolute Gasteiger partial charge is 0.0639 e. The van der Waals surface area contributed by atoms with Crippen LogP contribution in [0, 0.1) is 5.92 Å². The van der Waals surface area contributed by atoms with Crippen LogP contribution in [-0.2, 0) is 0 Å². The summed E-state index contributed by atoms with van der Waals surface area (Å²) in [7, 11) is 0. The van der Waals surface area contributed by atoms with Crippen molar-refractivity contribution in [2.24, 2.45) is 5.92 Å². The number of hydrogen-bond donors (Lipinski definition) is 1. The number of hydrogen-bond acceptors (Lipinski definition) is 3. The average molecular weight is 294 g/mol. The summed E-state index contributed by atoms with van der Waals surface area (Å²) in [5.41, 5.74) is 1.18. The zero-order chi connectivity index (χ0) is 13.9. The first-order valence-corrected chi connectivity index (χ1v) is 8.07. The second kappa shape index (κ2) is 6.33. The molecule has 0 spiro atoms. The van der Waals surface area contributed by atoms with E-state index in [1.165, 1.54) is 25.2 Å². The van der Waals surface area contributed by atoms with Gasteiger partial charge in [0.1, 0.15) is 0 Å². The Labute approximate surface area is 126 Å². The predicted octanol–water partition coefficient (Wildman–Crippen LogP) is 2.46. The molecule has 1 aromatic carbocycles. The summed E-state index contributed by atoms with van der Waals surface area (Å²) < 4.78 is 0. The van der Waals surface area contributed by atoms with E-state index in [4.69, 9.17) is 11.6 Å². The lowest BCUT2D eigenvalue weighted by Gasteiger charge is -2.38. The van der Waals surface area contributed by atoms with Crippen molar-refractivity contribution < 1.29 is 0 Å². The number of piperazine rings is 1. The van der Waals surface area contributed by atoms with Crippen LogP contribution in [0.15, 0.2) is 24.3 Å². The van der Waals surface area contributed by atoms with Gasteiger partial charge >= 0.3 is 0 Å². The van der Waals surface area contributed by atoms with E-state index in [9.17, 15) is 0 Å². The lowest BCUT2D eigenvalue weighted by Crippen LogP contribution is -2.50. The standard InChI is InChI=1S/C16H24ClN3/c1-13-6-7-18-15(13)12-19-8-10-20(11-9-19)16-5-3-2-4-14(16)17/h2-5,13,15,18H,6-12H2,1H3. The van der Waals surface area contributed by atoms with Crippen LogP contribution in [0.5, 0.6) is 0 Å². The van der Waals surface area contributed by atoms with Gasteiger partial charge in [-0.2, -0.15) is 0 Å². The zero-order valence-electron chi connectivity index (χ0n) is 12.2. The first-order valence-electron chi connectivity index (χ1n) is 7.69. The minimum Gasteiger partial charge on any atom is -0.368 e. The summed E-state index contributed by atoms with van der Waals surface area (Å²) in [5, 5.41) is 4.50. The molecule has 2 atom stereocenters. The molecule has 0 amide bonds. The first-order chi connectivity index (χ1) is 9.74. The summed E-state index contributed by atoms with van der Waals surface area (Å²) in [6.07, 6.45) is 1.32. The van der Waals surface area contributed by atoms with Crippen LogP contribution in [0.3, 0.4) is 0 Å². The molecule has 4 heteroatoms. The normalized spacial score (nSPS) is 28.0. The van der Waals surface area contributed by atoms with Crippen LogP contribution in [0.2, 0.25) is 5.02 Å². The molecule has 2 aliphatic rings. The average Bonchev–Trinajstić information content (AvgIpc) is 2.86. The molecule has 0 saturated carbocycles. The number of rotatable bonds is 3. The fourth-order valence-electron chi connectivity index (χ4n) is 3.30. The van der Waals surface area contributed by atoms with Gasteiger partial charge in [-0.3, -0.25) is 4.90 Å². The maximum atomic E-state index is 6.29. The van der Waals surface area contributed by atoms with E-state index in [1.807, 2.05) is 12.1 Å². The van der Waals surface area contributed by atoms with Crippen molar-refractivity contribution >= 4 is 17.3 Å². The number of anilines is 1. The Hall–Kier alpha value is -0.770. The number of benzene rings is 1. The van der Waals surface area contributed by atoms with Crippen molar-refractivity contribution in [3.63, 3.8) is 0 Å². The molecule has 2 heterocycles. The molecule has 20 heavy (non-hydrogen) atoms. The molecule has 2 aliphatic heterocycles. The summed E-state index contributed by atoms with van der Waals surface area (Å²) in [6, 6.07) is 8.85.